The summed E-state index contributed by atoms with van der Waals surface area (Å²) in [5, 5.41) is 18.5. The van der Waals surface area contributed by atoms with Gasteiger partial charge in [0.2, 0.25) is 0 Å². The number of aromatic nitrogens is 4. The largest absolute Gasteiger partial charge is 0.372 e. The summed E-state index contributed by atoms with van der Waals surface area (Å²) in [4.78, 5) is 4.28. The van der Waals surface area contributed by atoms with Gasteiger partial charge in [0.1, 0.15) is 17.3 Å². The van der Waals surface area contributed by atoms with Crippen LogP contribution in [0.1, 0.15) is 13.2 Å². The number of aliphatic hydroxyl groups is 1. The van der Waals surface area contributed by atoms with E-state index in [1.807, 2.05) is 24.3 Å². The van der Waals surface area contributed by atoms with Crippen molar-refractivity contribution in [2.24, 2.45) is 0 Å². The Kier molecular flexibility index (Phi) is 1.87. The third-order valence-corrected chi connectivity index (χ3v) is 2.56. The molecule has 2 aromatic heterocycles. The van der Waals surface area contributed by atoms with Gasteiger partial charge in [-0.25, -0.2) is 4.68 Å². The van der Waals surface area contributed by atoms with Crippen LogP contribution in [-0.4, -0.2) is 25.1 Å². The van der Waals surface area contributed by atoms with Gasteiger partial charge in [-0.3, -0.25) is 4.98 Å². The number of rotatable bonds is 1. The molecule has 1 atom stereocenters. The maximum atomic E-state index is 9.61. The van der Waals surface area contributed by atoms with E-state index in [1.165, 1.54) is 4.68 Å². The third kappa shape index (κ3) is 1.18. The van der Waals surface area contributed by atoms with Crippen molar-refractivity contribution < 1.29 is 5.11 Å². The summed E-state index contributed by atoms with van der Waals surface area (Å²) in [7, 11) is 0. The zero-order valence-corrected chi connectivity index (χ0v) is 8.70. The van der Waals surface area contributed by atoms with Crippen LogP contribution in [-0.2, 0) is 0 Å². The average Bonchev–Trinajstić information content (AvgIpc) is 2.73. The van der Waals surface area contributed by atoms with Gasteiger partial charge in [-0.2, -0.15) is 0 Å². The van der Waals surface area contributed by atoms with Crippen LogP contribution >= 0.6 is 0 Å². The fraction of sp³-hybridized carbons (Fsp3) is 0.182. The molecule has 1 aromatic carbocycles. The molecule has 5 nitrogen and oxygen atoms in total. The summed E-state index contributed by atoms with van der Waals surface area (Å²) >= 11 is 0. The minimum Gasteiger partial charge on any atom is -0.372 e. The fourth-order valence-corrected chi connectivity index (χ4v) is 1.83. The van der Waals surface area contributed by atoms with Crippen LogP contribution in [0.2, 0.25) is 0 Å². The van der Waals surface area contributed by atoms with Crippen molar-refractivity contribution in [3.63, 3.8) is 0 Å². The molecular formula is C11H10N4O. The van der Waals surface area contributed by atoms with Gasteiger partial charge in [0.25, 0.3) is 0 Å². The van der Waals surface area contributed by atoms with E-state index in [-0.39, 0.29) is 0 Å². The van der Waals surface area contributed by atoms with Gasteiger partial charge in [-0.05, 0) is 13.0 Å². The summed E-state index contributed by atoms with van der Waals surface area (Å²) in [6.45, 7) is 1.66. The molecule has 3 rings (SSSR count). The van der Waals surface area contributed by atoms with E-state index >= 15 is 0 Å². The van der Waals surface area contributed by atoms with Gasteiger partial charge in [-0.1, -0.05) is 23.4 Å². The predicted octanol–water partition coefficient (Wildman–Crippen LogP) is 1.49. The van der Waals surface area contributed by atoms with Crippen LogP contribution in [0.4, 0.5) is 0 Å². The molecule has 16 heavy (non-hydrogen) atoms. The quantitative estimate of drug-likeness (QED) is 0.666. The van der Waals surface area contributed by atoms with E-state index in [1.54, 1.807) is 13.1 Å². The predicted molar refractivity (Wildman–Crippen MR) is 59.8 cm³/mol. The van der Waals surface area contributed by atoms with Crippen LogP contribution < -0.4 is 0 Å². The number of benzene rings is 1. The lowest BCUT2D eigenvalue weighted by atomic mass is 10.2. The second-order valence-corrected chi connectivity index (χ2v) is 3.68. The lowest BCUT2D eigenvalue weighted by Gasteiger charge is -2.06. The Morgan fingerprint density at radius 2 is 2.06 bits per heavy atom. The van der Waals surface area contributed by atoms with Crippen LogP contribution in [0.15, 0.2) is 30.5 Å². The monoisotopic (exact) mass is 214 g/mol. The second-order valence-electron chi connectivity index (χ2n) is 3.68. The lowest BCUT2D eigenvalue weighted by molar-refractivity contribution is 0.113. The third-order valence-electron chi connectivity index (χ3n) is 2.56. The SMILES string of the molecule is CC(O)n1nnc2cnc3ccccc3c21. The van der Waals surface area contributed by atoms with Crippen molar-refractivity contribution in [3.8, 4) is 0 Å². The van der Waals surface area contributed by atoms with E-state index in [0.717, 1.165) is 16.4 Å². The van der Waals surface area contributed by atoms with Crippen molar-refractivity contribution in [3.05, 3.63) is 30.5 Å². The Morgan fingerprint density at radius 3 is 2.88 bits per heavy atom. The molecule has 0 aliphatic heterocycles. The van der Waals surface area contributed by atoms with Gasteiger partial charge < -0.3 is 5.11 Å². The molecule has 0 aliphatic rings. The summed E-state index contributed by atoms with van der Waals surface area (Å²) < 4.78 is 1.50. The number of hydrogen-bond donors (Lipinski definition) is 1. The minimum absolute atomic E-state index is 0.694. The van der Waals surface area contributed by atoms with Crippen molar-refractivity contribution in [1.82, 2.24) is 20.0 Å². The summed E-state index contributed by atoms with van der Waals surface area (Å²) in [6, 6.07) is 7.74. The van der Waals surface area contributed by atoms with E-state index in [0.29, 0.717) is 5.52 Å². The summed E-state index contributed by atoms with van der Waals surface area (Å²) in [6.07, 6.45) is 0.972. The van der Waals surface area contributed by atoms with Crippen LogP contribution in [0.25, 0.3) is 21.9 Å². The Morgan fingerprint density at radius 1 is 1.25 bits per heavy atom. The Bertz CT molecular complexity index is 659. The van der Waals surface area contributed by atoms with E-state index < -0.39 is 6.23 Å². The number of hydrogen-bond acceptors (Lipinski definition) is 4. The van der Waals surface area contributed by atoms with Gasteiger partial charge in [0.15, 0.2) is 0 Å². The Labute approximate surface area is 91.3 Å². The highest BCUT2D eigenvalue weighted by atomic mass is 16.3. The minimum atomic E-state index is -0.698. The highest BCUT2D eigenvalue weighted by molar-refractivity contribution is 6.01. The van der Waals surface area contributed by atoms with Gasteiger partial charge >= 0.3 is 0 Å². The highest BCUT2D eigenvalue weighted by Crippen LogP contribution is 2.22. The Hall–Kier alpha value is -2.01. The molecule has 0 spiro atoms. The maximum absolute atomic E-state index is 9.61. The molecule has 80 valence electrons. The average molecular weight is 214 g/mol. The van der Waals surface area contributed by atoms with Crippen molar-refractivity contribution >= 4 is 21.9 Å². The fourth-order valence-electron chi connectivity index (χ4n) is 1.83. The first kappa shape index (κ1) is 9.23. The normalized spacial score (nSPS) is 13.4. The maximum Gasteiger partial charge on any atom is 0.146 e. The van der Waals surface area contributed by atoms with E-state index in [4.69, 9.17) is 0 Å². The van der Waals surface area contributed by atoms with Gasteiger partial charge in [0, 0.05) is 5.39 Å². The van der Waals surface area contributed by atoms with Crippen molar-refractivity contribution in [2.45, 2.75) is 13.2 Å². The lowest BCUT2D eigenvalue weighted by Crippen LogP contribution is -2.05. The first-order chi connectivity index (χ1) is 7.77. The summed E-state index contributed by atoms with van der Waals surface area (Å²) in [5.74, 6) is 0. The molecule has 0 fully saturated rings. The molecule has 1 N–H and O–H groups in total. The number of nitrogens with zero attached hydrogens (tertiary/aromatic N) is 4. The van der Waals surface area contributed by atoms with Crippen LogP contribution in [0.3, 0.4) is 0 Å². The molecule has 0 saturated heterocycles. The smallest absolute Gasteiger partial charge is 0.146 e. The van der Waals surface area contributed by atoms with E-state index in [9.17, 15) is 5.11 Å². The molecule has 2 heterocycles. The molecule has 1 unspecified atom stereocenters. The van der Waals surface area contributed by atoms with E-state index in [2.05, 4.69) is 15.3 Å². The molecule has 5 heteroatoms. The van der Waals surface area contributed by atoms with Gasteiger partial charge in [-0.15, -0.1) is 5.10 Å². The topological polar surface area (TPSA) is 63.8 Å². The number of fused-ring (bicyclic) bond motifs is 3. The zero-order valence-electron chi connectivity index (χ0n) is 8.70. The number of pyridine rings is 1. The standard InChI is InChI=1S/C11H10N4O/c1-7(16)15-11-8-4-2-3-5-9(8)12-6-10(11)13-14-15/h2-7,16H,1H3. The molecular weight excluding hydrogens is 204 g/mol. The molecule has 0 bridgehead atoms. The molecule has 0 saturated carbocycles. The summed E-state index contributed by atoms with van der Waals surface area (Å²) in [5.41, 5.74) is 2.39. The van der Waals surface area contributed by atoms with Crippen molar-refractivity contribution in [2.75, 3.05) is 0 Å². The molecule has 0 radical (unpaired) electrons. The zero-order chi connectivity index (χ0) is 11.1. The second kappa shape index (κ2) is 3.24. The first-order valence-electron chi connectivity index (χ1n) is 5.04. The number of para-hydroxylation sites is 1. The molecule has 0 amide bonds. The molecule has 3 aromatic rings. The van der Waals surface area contributed by atoms with Gasteiger partial charge in [0.05, 0.1) is 11.7 Å². The van der Waals surface area contributed by atoms with Crippen LogP contribution in [0.5, 0.6) is 0 Å². The number of aliphatic hydroxyl groups excluding tert-OH is 1. The highest BCUT2D eigenvalue weighted by Gasteiger charge is 2.11. The molecule has 0 aliphatic carbocycles. The Balaban J connectivity index is 2.52. The van der Waals surface area contributed by atoms with Crippen LogP contribution in [0, 0.1) is 0 Å². The first-order valence-corrected chi connectivity index (χ1v) is 5.04. The van der Waals surface area contributed by atoms with Crippen molar-refractivity contribution in [1.29, 1.82) is 0 Å².